The quantitative estimate of drug-likeness (QED) is 0.542. The van der Waals surface area contributed by atoms with Gasteiger partial charge in [0.25, 0.3) is 0 Å². The van der Waals surface area contributed by atoms with E-state index in [9.17, 15) is 9.59 Å². The van der Waals surface area contributed by atoms with Crippen molar-refractivity contribution in [2.45, 2.75) is 44.6 Å². The van der Waals surface area contributed by atoms with E-state index in [2.05, 4.69) is 15.5 Å². The van der Waals surface area contributed by atoms with Crippen LogP contribution < -0.4 is 0 Å². The highest BCUT2D eigenvalue weighted by atomic mass is 16.5. The molecule has 0 spiro atoms. The minimum Gasteiger partial charge on any atom is -0.458 e. The van der Waals surface area contributed by atoms with Gasteiger partial charge in [-0.05, 0) is 71.4 Å². The van der Waals surface area contributed by atoms with E-state index in [1.807, 2.05) is 53.4 Å². The molecule has 8 nitrogen and oxygen atoms in total. The number of hydrogen-bond acceptors (Lipinski definition) is 6. The Kier molecular flexibility index (Phi) is 6.15. The van der Waals surface area contributed by atoms with Crippen LogP contribution in [0, 0.1) is 5.92 Å². The van der Waals surface area contributed by atoms with Gasteiger partial charge in [0.1, 0.15) is 12.4 Å². The number of rotatable bonds is 6. The van der Waals surface area contributed by atoms with Crippen molar-refractivity contribution in [3.8, 4) is 5.69 Å². The van der Waals surface area contributed by atoms with Crippen LogP contribution >= 0.6 is 0 Å². The first-order chi connectivity index (χ1) is 16.2. The zero-order valence-corrected chi connectivity index (χ0v) is 18.5. The maximum atomic E-state index is 12.8. The number of fused-ring (bicyclic) bond motifs is 1. The largest absolute Gasteiger partial charge is 0.458 e. The predicted molar refractivity (Wildman–Crippen MR) is 121 cm³/mol. The third kappa shape index (κ3) is 4.94. The van der Waals surface area contributed by atoms with Crippen molar-refractivity contribution in [3.05, 3.63) is 71.5 Å². The second-order valence-corrected chi connectivity index (χ2v) is 8.89. The van der Waals surface area contributed by atoms with E-state index in [1.54, 1.807) is 11.0 Å². The molecule has 0 saturated carbocycles. The molecule has 2 aromatic carbocycles. The third-order valence-corrected chi connectivity index (χ3v) is 6.73. The SMILES string of the molecule is O=C1OC(CCC2CCN(C(=O)Cc3ccc(-n4cnnn4)cc3)CC2)Cc2ccccc21. The standard InChI is InChI=1S/C25H27N5O3/c31-24(15-19-5-8-21(9-6-19)30-17-26-27-28-30)29-13-11-18(12-14-29)7-10-22-16-20-3-1-2-4-23(20)25(32)33-22/h1-6,8-9,17-18,22H,7,10-16H2. The Bertz CT molecular complexity index is 1110. The summed E-state index contributed by atoms with van der Waals surface area (Å²) in [6.45, 7) is 1.58. The lowest BCUT2D eigenvalue weighted by Crippen LogP contribution is -2.39. The van der Waals surface area contributed by atoms with Gasteiger partial charge in [-0.3, -0.25) is 4.79 Å². The molecule has 2 aliphatic rings. The predicted octanol–water partition coefficient (Wildman–Crippen LogP) is 3.01. The van der Waals surface area contributed by atoms with Crippen molar-refractivity contribution < 1.29 is 14.3 Å². The van der Waals surface area contributed by atoms with E-state index < -0.39 is 0 Å². The Balaban J connectivity index is 1.07. The van der Waals surface area contributed by atoms with E-state index in [-0.39, 0.29) is 18.0 Å². The fraction of sp³-hybridized carbons (Fsp3) is 0.400. The fourth-order valence-corrected chi connectivity index (χ4v) is 4.79. The Morgan fingerprint density at radius 2 is 1.82 bits per heavy atom. The molecule has 0 radical (unpaired) electrons. The molecule has 3 aromatic rings. The van der Waals surface area contributed by atoms with Gasteiger partial charge in [0.05, 0.1) is 17.7 Å². The summed E-state index contributed by atoms with van der Waals surface area (Å²) in [6.07, 6.45) is 6.61. The maximum absolute atomic E-state index is 12.8. The average molecular weight is 446 g/mol. The molecule has 0 aliphatic carbocycles. The van der Waals surface area contributed by atoms with Gasteiger partial charge in [-0.1, -0.05) is 30.3 Å². The number of aromatic nitrogens is 4. The number of nitrogens with zero attached hydrogens (tertiary/aromatic N) is 5. The maximum Gasteiger partial charge on any atom is 0.338 e. The van der Waals surface area contributed by atoms with E-state index >= 15 is 0 Å². The number of cyclic esters (lactones) is 1. The first kappa shape index (κ1) is 21.3. The van der Waals surface area contributed by atoms with Crippen molar-refractivity contribution >= 4 is 11.9 Å². The Labute approximate surface area is 192 Å². The first-order valence-corrected chi connectivity index (χ1v) is 11.5. The van der Waals surface area contributed by atoms with Gasteiger partial charge in [-0.25, -0.2) is 9.48 Å². The number of ether oxygens (including phenoxy) is 1. The van der Waals surface area contributed by atoms with Crippen LogP contribution in [0.25, 0.3) is 5.69 Å². The molecule has 0 N–H and O–H groups in total. The Hall–Kier alpha value is -3.55. The van der Waals surface area contributed by atoms with E-state index in [0.717, 1.165) is 62.0 Å². The molecule has 3 heterocycles. The van der Waals surface area contributed by atoms with Crippen LogP contribution in [0.2, 0.25) is 0 Å². The summed E-state index contributed by atoms with van der Waals surface area (Å²) in [6, 6.07) is 15.4. The summed E-state index contributed by atoms with van der Waals surface area (Å²) < 4.78 is 7.23. The van der Waals surface area contributed by atoms with Crippen molar-refractivity contribution in [2.75, 3.05) is 13.1 Å². The zero-order chi connectivity index (χ0) is 22.6. The molecule has 33 heavy (non-hydrogen) atoms. The number of carbonyl (C=O) groups excluding carboxylic acids is 2. The summed E-state index contributed by atoms with van der Waals surface area (Å²) in [5.41, 5.74) is 3.64. The van der Waals surface area contributed by atoms with Gasteiger partial charge in [0.15, 0.2) is 0 Å². The Morgan fingerprint density at radius 1 is 1.03 bits per heavy atom. The monoisotopic (exact) mass is 445 g/mol. The number of amides is 1. The first-order valence-electron chi connectivity index (χ1n) is 11.5. The second-order valence-electron chi connectivity index (χ2n) is 8.89. The molecular weight excluding hydrogens is 418 g/mol. The lowest BCUT2D eigenvalue weighted by Gasteiger charge is -2.33. The third-order valence-electron chi connectivity index (χ3n) is 6.73. The zero-order valence-electron chi connectivity index (χ0n) is 18.5. The van der Waals surface area contributed by atoms with E-state index in [1.165, 1.54) is 0 Å². The second kappa shape index (κ2) is 9.52. The molecular formula is C25H27N5O3. The van der Waals surface area contributed by atoms with Crippen LogP contribution in [-0.2, 0) is 22.4 Å². The van der Waals surface area contributed by atoms with Crippen molar-refractivity contribution in [1.29, 1.82) is 0 Å². The summed E-state index contributed by atoms with van der Waals surface area (Å²) in [4.78, 5) is 27.0. The van der Waals surface area contributed by atoms with E-state index in [0.29, 0.717) is 17.9 Å². The number of hydrogen-bond donors (Lipinski definition) is 0. The summed E-state index contributed by atoms with van der Waals surface area (Å²) in [5, 5.41) is 11.1. The number of piperidine rings is 1. The van der Waals surface area contributed by atoms with Crippen LogP contribution in [0.3, 0.4) is 0 Å². The molecule has 1 aromatic heterocycles. The molecule has 0 bridgehead atoms. The van der Waals surface area contributed by atoms with Crippen molar-refractivity contribution in [3.63, 3.8) is 0 Å². The molecule has 1 saturated heterocycles. The minimum absolute atomic E-state index is 0.0386. The minimum atomic E-state index is -0.201. The smallest absolute Gasteiger partial charge is 0.338 e. The molecule has 170 valence electrons. The van der Waals surface area contributed by atoms with Gasteiger partial charge < -0.3 is 9.64 Å². The highest BCUT2D eigenvalue weighted by molar-refractivity contribution is 5.92. The van der Waals surface area contributed by atoms with Crippen LogP contribution in [-0.4, -0.2) is 56.2 Å². The Morgan fingerprint density at radius 3 is 2.58 bits per heavy atom. The fourth-order valence-electron chi connectivity index (χ4n) is 4.79. The molecule has 1 amide bonds. The van der Waals surface area contributed by atoms with Gasteiger partial charge in [0.2, 0.25) is 5.91 Å². The summed E-state index contributed by atoms with van der Waals surface area (Å²) in [7, 11) is 0. The number of esters is 1. The lowest BCUT2D eigenvalue weighted by molar-refractivity contribution is -0.131. The van der Waals surface area contributed by atoms with Gasteiger partial charge >= 0.3 is 5.97 Å². The molecule has 1 unspecified atom stereocenters. The van der Waals surface area contributed by atoms with Crippen LogP contribution in [0.5, 0.6) is 0 Å². The average Bonchev–Trinajstić information content (AvgIpc) is 3.39. The number of tetrazole rings is 1. The number of likely N-dealkylation sites (tertiary alicyclic amines) is 1. The normalized spacial score (nSPS) is 18.6. The topological polar surface area (TPSA) is 90.2 Å². The number of carbonyl (C=O) groups is 2. The highest BCUT2D eigenvalue weighted by Crippen LogP contribution is 2.28. The van der Waals surface area contributed by atoms with Gasteiger partial charge in [-0.15, -0.1) is 5.10 Å². The highest BCUT2D eigenvalue weighted by Gasteiger charge is 2.28. The van der Waals surface area contributed by atoms with Crippen LogP contribution in [0.15, 0.2) is 54.9 Å². The molecule has 1 atom stereocenters. The van der Waals surface area contributed by atoms with Gasteiger partial charge in [0, 0.05) is 19.5 Å². The molecule has 1 fully saturated rings. The van der Waals surface area contributed by atoms with Crippen LogP contribution in [0.4, 0.5) is 0 Å². The van der Waals surface area contributed by atoms with Crippen molar-refractivity contribution in [2.24, 2.45) is 5.92 Å². The lowest BCUT2D eigenvalue weighted by atomic mass is 9.88. The van der Waals surface area contributed by atoms with Crippen molar-refractivity contribution in [1.82, 2.24) is 25.1 Å². The summed E-state index contributed by atoms with van der Waals surface area (Å²) >= 11 is 0. The number of benzene rings is 2. The molecule has 5 rings (SSSR count). The summed E-state index contributed by atoms with van der Waals surface area (Å²) in [5.74, 6) is 0.537. The molecule has 8 heteroatoms. The molecule has 2 aliphatic heterocycles. The van der Waals surface area contributed by atoms with Gasteiger partial charge in [-0.2, -0.15) is 0 Å². The van der Waals surface area contributed by atoms with E-state index in [4.69, 9.17) is 4.74 Å². The van der Waals surface area contributed by atoms with Crippen LogP contribution in [0.1, 0.15) is 47.2 Å².